The standard InChI is InChI=1S/C14H17F2N3O3/c1-9(19-7-6-17-12(20)8-19)13(21)18-10-4-2-3-5-11(10)22-14(15)16/h2-5,9,14H,6-8H2,1H3,(H,17,20)(H,18,21)/t9-/m1/s1. The molecule has 0 bridgehead atoms. The number of nitrogens with one attached hydrogen (secondary N) is 2. The molecule has 1 heterocycles. The summed E-state index contributed by atoms with van der Waals surface area (Å²) >= 11 is 0. The Kier molecular flexibility index (Phi) is 5.26. The highest BCUT2D eigenvalue weighted by atomic mass is 19.3. The van der Waals surface area contributed by atoms with Crippen LogP contribution in [0.3, 0.4) is 0 Å². The number of piperazine rings is 1. The van der Waals surface area contributed by atoms with Gasteiger partial charge >= 0.3 is 6.61 Å². The Morgan fingerprint density at radius 1 is 1.41 bits per heavy atom. The molecule has 22 heavy (non-hydrogen) atoms. The van der Waals surface area contributed by atoms with Crippen molar-refractivity contribution in [2.24, 2.45) is 0 Å². The molecule has 2 amide bonds. The molecular weight excluding hydrogens is 296 g/mol. The Morgan fingerprint density at radius 3 is 2.82 bits per heavy atom. The number of rotatable bonds is 5. The molecule has 0 spiro atoms. The fourth-order valence-corrected chi connectivity index (χ4v) is 2.16. The van der Waals surface area contributed by atoms with Crippen LogP contribution >= 0.6 is 0 Å². The minimum atomic E-state index is -2.97. The van der Waals surface area contributed by atoms with E-state index < -0.39 is 12.7 Å². The molecule has 1 atom stereocenters. The fourth-order valence-electron chi connectivity index (χ4n) is 2.16. The van der Waals surface area contributed by atoms with E-state index >= 15 is 0 Å². The van der Waals surface area contributed by atoms with Gasteiger partial charge in [0.2, 0.25) is 11.8 Å². The number of anilines is 1. The van der Waals surface area contributed by atoms with Gasteiger partial charge in [0.05, 0.1) is 18.3 Å². The van der Waals surface area contributed by atoms with Gasteiger partial charge in [-0.05, 0) is 19.1 Å². The first kappa shape index (κ1) is 16.2. The van der Waals surface area contributed by atoms with Crippen molar-refractivity contribution in [2.45, 2.75) is 19.6 Å². The van der Waals surface area contributed by atoms with E-state index in [-0.39, 0.29) is 29.8 Å². The van der Waals surface area contributed by atoms with Gasteiger partial charge in [-0.25, -0.2) is 0 Å². The van der Waals surface area contributed by atoms with Gasteiger partial charge in [-0.15, -0.1) is 0 Å². The van der Waals surface area contributed by atoms with Crippen LogP contribution in [0.2, 0.25) is 0 Å². The SMILES string of the molecule is C[C@H](C(=O)Nc1ccccc1OC(F)F)N1CCNC(=O)C1. The monoisotopic (exact) mass is 313 g/mol. The number of para-hydroxylation sites is 2. The Bertz CT molecular complexity index is 554. The molecule has 1 aromatic rings. The second kappa shape index (κ2) is 7.17. The number of halogens is 2. The third kappa shape index (κ3) is 4.14. The lowest BCUT2D eigenvalue weighted by Crippen LogP contribution is -2.53. The van der Waals surface area contributed by atoms with Crippen molar-refractivity contribution in [2.75, 3.05) is 25.0 Å². The molecule has 1 aromatic carbocycles. The molecule has 0 aromatic heterocycles. The van der Waals surface area contributed by atoms with E-state index in [9.17, 15) is 18.4 Å². The number of amides is 2. The molecule has 8 heteroatoms. The van der Waals surface area contributed by atoms with Crippen LogP contribution in [0, 0.1) is 0 Å². The van der Waals surface area contributed by atoms with Gasteiger partial charge in [0, 0.05) is 13.1 Å². The summed E-state index contributed by atoms with van der Waals surface area (Å²) in [7, 11) is 0. The van der Waals surface area contributed by atoms with Gasteiger partial charge in [-0.3, -0.25) is 14.5 Å². The Labute approximate surface area is 126 Å². The van der Waals surface area contributed by atoms with Crippen LogP contribution in [-0.2, 0) is 9.59 Å². The van der Waals surface area contributed by atoms with E-state index in [0.29, 0.717) is 13.1 Å². The van der Waals surface area contributed by atoms with Crippen LogP contribution in [0.15, 0.2) is 24.3 Å². The lowest BCUT2D eigenvalue weighted by molar-refractivity contribution is -0.127. The fraction of sp³-hybridized carbons (Fsp3) is 0.429. The van der Waals surface area contributed by atoms with Crippen molar-refractivity contribution in [1.82, 2.24) is 10.2 Å². The van der Waals surface area contributed by atoms with Gasteiger partial charge in [0.15, 0.2) is 0 Å². The average Bonchev–Trinajstić information content (AvgIpc) is 2.48. The molecule has 2 rings (SSSR count). The van der Waals surface area contributed by atoms with Crippen LogP contribution in [-0.4, -0.2) is 49.0 Å². The zero-order valence-electron chi connectivity index (χ0n) is 12.0. The highest BCUT2D eigenvalue weighted by Gasteiger charge is 2.26. The number of hydrogen-bond donors (Lipinski definition) is 2. The third-order valence-electron chi connectivity index (χ3n) is 3.36. The van der Waals surface area contributed by atoms with Crippen LogP contribution in [0.4, 0.5) is 14.5 Å². The van der Waals surface area contributed by atoms with Crippen molar-refractivity contribution in [3.8, 4) is 5.75 Å². The smallest absolute Gasteiger partial charge is 0.387 e. The molecule has 2 N–H and O–H groups in total. The lowest BCUT2D eigenvalue weighted by Gasteiger charge is -2.31. The Morgan fingerprint density at radius 2 is 2.14 bits per heavy atom. The maximum atomic E-state index is 12.3. The molecule has 1 fully saturated rings. The zero-order valence-corrected chi connectivity index (χ0v) is 12.0. The van der Waals surface area contributed by atoms with Gasteiger partial charge in [-0.1, -0.05) is 12.1 Å². The topological polar surface area (TPSA) is 70.7 Å². The predicted octanol–water partition coefficient (Wildman–Crippen LogP) is 1.05. The first-order chi connectivity index (χ1) is 10.5. The number of hydrogen-bond acceptors (Lipinski definition) is 4. The largest absolute Gasteiger partial charge is 0.433 e. The normalized spacial score (nSPS) is 17.0. The maximum Gasteiger partial charge on any atom is 0.387 e. The molecule has 1 aliphatic heterocycles. The molecule has 1 aliphatic rings. The van der Waals surface area contributed by atoms with E-state index in [1.54, 1.807) is 17.9 Å². The molecule has 6 nitrogen and oxygen atoms in total. The second-order valence-electron chi connectivity index (χ2n) is 4.86. The molecule has 0 unspecified atom stereocenters. The summed E-state index contributed by atoms with van der Waals surface area (Å²) in [5.74, 6) is -0.637. The molecular formula is C14H17F2N3O3. The molecule has 0 saturated carbocycles. The number of alkyl halides is 2. The van der Waals surface area contributed by atoms with E-state index in [1.165, 1.54) is 18.2 Å². The van der Waals surface area contributed by atoms with Crippen LogP contribution in [0.25, 0.3) is 0 Å². The van der Waals surface area contributed by atoms with Crippen molar-refractivity contribution in [1.29, 1.82) is 0 Å². The van der Waals surface area contributed by atoms with E-state index in [1.807, 2.05) is 0 Å². The number of nitrogens with zero attached hydrogens (tertiary/aromatic N) is 1. The summed E-state index contributed by atoms with van der Waals surface area (Å²) < 4.78 is 29.0. The van der Waals surface area contributed by atoms with Crippen LogP contribution < -0.4 is 15.4 Å². The van der Waals surface area contributed by atoms with E-state index in [2.05, 4.69) is 15.4 Å². The summed E-state index contributed by atoms with van der Waals surface area (Å²) in [6.45, 7) is -0.160. The van der Waals surface area contributed by atoms with Gasteiger partial charge in [-0.2, -0.15) is 8.78 Å². The number of benzene rings is 1. The summed E-state index contributed by atoms with van der Waals surface area (Å²) in [5, 5.41) is 5.23. The van der Waals surface area contributed by atoms with Crippen molar-refractivity contribution in [3.05, 3.63) is 24.3 Å². The first-order valence-corrected chi connectivity index (χ1v) is 6.83. The lowest BCUT2D eigenvalue weighted by atomic mass is 10.2. The van der Waals surface area contributed by atoms with Crippen LogP contribution in [0.1, 0.15) is 6.92 Å². The van der Waals surface area contributed by atoms with Gasteiger partial charge in [0.1, 0.15) is 5.75 Å². The molecule has 1 saturated heterocycles. The van der Waals surface area contributed by atoms with Gasteiger partial charge < -0.3 is 15.4 Å². The Balaban J connectivity index is 2.03. The summed E-state index contributed by atoms with van der Waals surface area (Å²) in [6.07, 6.45) is 0. The maximum absolute atomic E-state index is 12.3. The molecule has 0 aliphatic carbocycles. The van der Waals surface area contributed by atoms with E-state index in [0.717, 1.165) is 0 Å². The minimum absolute atomic E-state index is 0.102. The predicted molar refractivity (Wildman–Crippen MR) is 75.7 cm³/mol. The third-order valence-corrected chi connectivity index (χ3v) is 3.36. The van der Waals surface area contributed by atoms with Crippen molar-refractivity contribution < 1.29 is 23.1 Å². The van der Waals surface area contributed by atoms with Crippen molar-refractivity contribution in [3.63, 3.8) is 0 Å². The minimum Gasteiger partial charge on any atom is -0.433 e. The number of carbonyl (C=O) groups excluding carboxylic acids is 2. The summed E-state index contributed by atoms with van der Waals surface area (Å²) in [4.78, 5) is 25.3. The number of carbonyl (C=O) groups is 2. The van der Waals surface area contributed by atoms with Gasteiger partial charge in [0.25, 0.3) is 0 Å². The quantitative estimate of drug-likeness (QED) is 0.852. The highest BCUT2D eigenvalue weighted by molar-refractivity contribution is 5.96. The van der Waals surface area contributed by atoms with Crippen LogP contribution in [0.5, 0.6) is 5.75 Å². The summed E-state index contributed by atoms with van der Waals surface area (Å²) in [6, 6.07) is 5.40. The molecule has 120 valence electrons. The Hall–Kier alpha value is -2.22. The van der Waals surface area contributed by atoms with E-state index in [4.69, 9.17) is 0 Å². The highest BCUT2D eigenvalue weighted by Crippen LogP contribution is 2.25. The second-order valence-corrected chi connectivity index (χ2v) is 4.86. The number of ether oxygens (including phenoxy) is 1. The van der Waals surface area contributed by atoms with Crippen molar-refractivity contribution >= 4 is 17.5 Å². The molecule has 0 radical (unpaired) electrons. The summed E-state index contributed by atoms with van der Waals surface area (Å²) in [5.41, 5.74) is 0.168. The average molecular weight is 313 g/mol. The zero-order chi connectivity index (χ0) is 16.1. The first-order valence-electron chi connectivity index (χ1n) is 6.83.